The number of carbonyl (C=O) groups is 1. The molecule has 1 aliphatic heterocycles. The fourth-order valence-corrected chi connectivity index (χ4v) is 2.91. The number of nitrogens with one attached hydrogen (secondary N) is 1. The molecule has 5 N–H and O–H groups in total. The molecule has 0 saturated carbocycles. The van der Waals surface area contributed by atoms with Crippen LogP contribution in [0.2, 0.25) is 0 Å². The van der Waals surface area contributed by atoms with Gasteiger partial charge >= 0.3 is 0 Å². The number of amides is 1. The van der Waals surface area contributed by atoms with Gasteiger partial charge in [0.15, 0.2) is 23.8 Å². The minimum absolute atomic E-state index is 0.150. The molecule has 1 aromatic carbocycles. The first-order chi connectivity index (χ1) is 13.0. The molecule has 0 radical (unpaired) electrons. The number of hydrogen-bond acceptors (Lipinski definition) is 8. The quantitative estimate of drug-likeness (QED) is 0.493. The second-order valence-electron chi connectivity index (χ2n) is 6.01. The molecule has 27 heavy (non-hydrogen) atoms. The zero-order valence-corrected chi connectivity index (χ0v) is 13.7. The van der Waals surface area contributed by atoms with Crippen molar-refractivity contribution in [2.24, 2.45) is 0 Å². The Labute approximate surface area is 151 Å². The largest absolute Gasteiger partial charge is 0.387 e. The average molecular weight is 374 g/mol. The van der Waals surface area contributed by atoms with Crippen molar-refractivity contribution >= 4 is 28.6 Å². The average Bonchev–Trinajstić information content (AvgIpc) is 3.20. The summed E-state index contributed by atoms with van der Waals surface area (Å²) in [5, 5.41) is 23.1. The Hall–Kier alpha value is -3.15. The van der Waals surface area contributed by atoms with Crippen LogP contribution in [0.1, 0.15) is 6.23 Å². The lowest BCUT2D eigenvalue weighted by molar-refractivity contribution is -0.132. The molecule has 0 aliphatic carbocycles. The number of aliphatic hydroxyl groups is 2. The van der Waals surface area contributed by atoms with Crippen LogP contribution in [0.5, 0.6) is 0 Å². The number of halogens is 1. The fourth-order valence-electron chi connectivity index (χ4n) is 2.91. The molecule has 11 heteroatoms. The Balaban J connectivity index is 1.57. The molecule has 0 spiro atoms. The number of benzene rings is 1. The van der Waals surface area contributed by atoms with E-state index in [-0.39, 0.29) is 5.82 Å². The second kappa shape index (κ2) is 6.54. The van der Waals surface area contributed by atoms with E-state index < -0.39 is 36.3 Å². The number of nitrogens with zero attached hydrogens (tertiary/aromatic N) is 4. The van der Waals surface area contributed by atoms with Gasteiger partial charge in [0.25, 0.3) is 5.91 Å². The molecular weight excluding hydrogens is 359 g/mol. The van der Waals surface area contributed by atoms with Gasteiger partial charge in [-0.15, -0.1) is 0 Å². The Morgan fingerprint density at radius 2 is 1.93 bits per heavy atom. The first-order valence-electron chi connectivity index (χ1n) is 7.97. The van der Waals surface area contributed by atoms with E-state index in [1.807, 2.05) is 0 Å². The predicted molar refractivity (Wildman–Crippen MR) is 90.7 cm³/mol. The smallest absolute Gasteiger partial charge is 0.256 e. The Morgan fingerprint density at radius 3 is 2.67 bits per heavy atom. The topological polar surface area (TPSA) is 148 Å². The molecule has 1 saturated heterocycles. The maximum Gasteiger partial charge on any atom is 0.256 e. The highest BCUT2D eigenvalue weighted by Crippen LogP contribution is 2.32. The highest BCUT2D eigenvalue weighted by Gasteiger charge is 2.47. The summed E-state index contributed by atoms with van der Waals surface area (Å²) in [4.78, 5) is 24.4. The van der Waals surface area contributed by atoms with Crippen LogP contribution < -0.4 is 11.1 Å². The summed E-state index contributed by atoms with van der Waals surface area (Å²) in [5.41, 5.74) is 6.65. The van der Waals surface area contributed by atoms with Gasteiger partial charge in [0, 0.05) is 5.69 Å². The van der Waals surface area contributed by atoms with Crippen LogP contribution in [-0.2, 0) is 9.53 Å². The van der Waals surface area contributed by atoms with Gasteiger partial charge in [0.1, 0.15) is 29.9 Å². The van der Waals surface area contributed by atoms with Crippen LogP contribution >= 0.6 is 0 Å². The van der Waals surface area contributed by atoms with Crippen molar-refractivity contribution < 1.29 is 24.1 Å². The third kappa shape index (κ3) is 2.97. The van der Waals surface area contributed by atoms with Gasteiger partial charge in [-0.05, 0) is 24.3 Å². The molecule has 10 nitrogen and oxygen atoms in total. The number of fused-ring (bicyclic) bond motifs is 1. The summed E-state index contributed by atoms with van der Waals surface area (Å²) in [6.07, 6.45) is -2.81. The second-order valence-corrected chi connectivity index (χ2v) is 6.01. The Morgan fingerprint density at radius 1 is 1.19 bits per heavy atom. The monoisotopic (exact) mass is 374 g/mol. The molecule has 4 atom stereocenters. The van der Waals surface area contributed by atoms with Crippen molar-refractivity contribution in [1.29, 1.82) is 0 Å². The predicted octanol–water partition coefficient (Wildman–Crippen LogP) is -0.195. The van der Waals surface area contributed by atoms with Gasteiger partial charge in [-0.25, -0.2) is 19.3 Å². The van der Waals surface area contributed by atoms with Crippen LogP contribution in [0.15, 0.2) is 36.9 Å². The third-order valence-corrected chi connectivity index (χ3v) is 4.27. The number of nitrogens with two attached hydrogens (primary N) is 1. The number of hydrogen-bond donors (Lipinski definition) is 4. The molecule has 1 unspecified atom stereocenters. The first-order valence-corrected chi connectivity index (χ1v) is 7.97. The minimum atomic E-state index is -1.49. The highest BCUT2D eigenvalue weighted by atomic mass is 19.1. The van der Waals surface area contributed by atoms with Crippen LogP contribution in [-0.4, -0.2) is 54.0 Å². The minimum Gasteiger partial charge on any atom is -0.387 e. The lowest BCUT2D eigenvalue weighted by Crippen LogP contribution is -2.39. The number of ether oxygens (including phenoxy) is 1. The van der Waals surface area contributed by atoms with Crippen molar-refractivity contribution in [3.05, 3.63) is 42.7 Å². The molecule has 1 aliphatic rings. The van der Waals surface area contributed by atoms with Crippen molar-refractivity contribution in [2.75, 3.05) is 11.1 Å². The van der Waals surface area contributed by atoms with E-state index in [9.17, 15) is 19.4 Å². The number of rotatable bonds is 3. The van der Waals surface area contributed by atoms with Crippen LogP contribution in [0.3, 0.4) is 0 Å². The Kier molecular flexibility index (Phi) is 4.18. The van der Waals surface area contributed by atoms with Crippen LogP contribution in [0.25, 0.3) is 11.2 Å². The van der Waals surface area contributed by atoms with Crippen LogP contribution in [0.4, 0.5) is 15.9 Å². The normalized spacial score (nSPS) is 25.0. The molecule has 0 bridgehead atoms. The first kappa shape index (κ1) is 17.3. The molecule has 1 fully saturated rings. The summed E-state index contributed by atoms with van der Waals surface area (Å²) >= 11 is 0. The van der Waals surface area contributed by atoms with Gasteiger partial charge in [-0.3, -0.25) is 9.36 Å². The number of aliphatic hydroxyl groups excluding tert-OH is 2. The highest BCUT2D eigenvalue weighted by molar-refractivity contribution is 5.94. The van der Waals surface area contributed by atoms with E-state index in [2.05, 4.69) is 20.3 Å². The number of nitrogen functional groups attached to an aromatic ring is 1. The van der Waals surface area contributed by atoms with Gasteiger partial charge in [-0.1, -0.05) is 0 Å². The number of aromatic nitrogens is 4. The fraction of sp³-hybridized carbons (Fsp3) is 0.250. The molecular formula is C16H15FN6O4. The maximum atomic E-state index is 13.0. The SMILES string of the molecule is Nc1ncnc2c1ncn2C1O[C@H](C(=O)Nc2ccc(F)cc2)[C@@H](O)[C@H]1O. The summed E-state index contributed by atoms with van der Waals surface area (Å²) in [6, 6.07) is 5.10. The van der Waals surface area contributed by atoms with Crippen molar-refractivity contribution in [3.8, 4) is 0 Å². The van der Waals surface area contributed by atoms with Gasteiger partial charge < -0.3 is 26.0 Å². The van der Waals surface area contributed by atoms with Crippen molar-refractivity contribution in [1.82, 2.24) is 19.5 Å². The molecule has 3 heterocycles. The molecule has 140 valence electrons. The van der Waals surface area contributed by atoms with Gasteiger partial charge in [-0.2, -0.15) is 0 Å². The maximum absolute atomic E-state index is 13.0. The van der Waals surface area contributed by atoms with E-state index in [0.717, 1.165) is 0 Å². The van der Waals surface area contributed by atoms with E-state index in [0.29, 0.717) is 16.9 Å². The van der Waals surface area contributed by atoms with E-state index in [4.69, 9.17) is 10.5 Å². The van der Waals surface area contributed by atoms with E-state index >= 15 is 0 Å². The number of carbonyl (C=O) groups excluding carboxylic acids is 1. The molecule has 3 aromatic rings. The zero-order chi connectivity index (χ0) is 19.1. The summed E-state index contributed by atoms with van der Waals surface area (Å²) in [6.45, 7) is 0. The van der Waals surface area contributed by atoms with Gasteiger partial charge in [0.2, 0.25) is 0 Å². The summed E-state index contributed by atoms with van der Waals surface area (Å²) in [5.74, 6) is -0.986. The number of imidazole rings is 1. The summed E-state index contributed by atoms with van der Waals surface area (Å²) < 4.78 is 19.9. The van der Waals surface area contributed by atoms with E-state index in [1.165, 1.54) is 41.5 Å². The molecule has 2 aromatic heterocycles. The van der Waals surface area contributed by atoms with Crippen molar-refractivity contribution in [3.63, 3.8) is 0 Å². The zero-order valence-electron chi connectivity index (χ0n) is 13.7. The Bertz CT molecular complexity index is 994. The van der Waals surface area contributed by atoms with Crippen LogP contribution in [0, 0.1) is 5.82 Å². The number of anilines is 2. The lowest BCUT2D eigenvalue weighted by atomic mass is 10.1. The molecule has 4 rings (SSSR count). The summed E-state index contributed by atoms with van der Waals surface area (Å²) in [7, 11) is 0. The van der Waals surface area contributed by atoms with E-state index in [1.54, 1.807) is 0 Å². The van der Waals surface area contributed by atoms with Gasteiger partial charge in [0.05, 0.1) is 6.33 Å². The van der Waals surface area contributed by atoms with Crippen molar-refractivity contribution in [2.45, 2.75) is 24.5 Å². The third-order valence-electron chi connectivity index (χ3n) is 4.27. The molecule has 1 amide bonds. The standard InChI is InChI=1S/C16H15FN6O4/c17-7-1-3-8(4-2-7)22-15(26)12-10(24)11(25)16(27-12)23-6-21-9-13(18)19-5-20-14(9)23/h1-6,10-12,16,24-25H,(H,22,26)(H2,18,19,20)/t10-,11+,12-,16?/m0/s1. The lowest BCUT2D eigenvalue weighted by Gasteiger charge is -2.16.